The van der Waals surface area contributed by atoms with Crippen LogP contribution < -0.4 is 16.0 Å². The van der Waals surface area contributed by atoms with Gasteiger partial charge in [-0.25, -0.2) is 14.0 Å². The number of aliphatic hydroxyl groups is 4. The smallest absolute Gasteiger partial charge is 0.356 e. The third-order valence-electron chi connectivity index (χ3n) is 17.3. The SMILES string of the molecule is CC(C)(OC[C@@H]1C[C@@H](O)[C@H](n2ncc3c(NC4CCCC4)nc(Cl)nc32)O1)P(=O)(O)O.COCC(OC[C@@H]1C[C@@H](O)[C@H](n2ncc3c(NC4CCCC4)nc(Cl)nc32)O1)P(=O)(O)O.O=P(O)(O)C(CCO)OC[C@@H]1C[C@@H](O)[C@H](n2ncc3c(NC4CCCC4)nc(Cl)nc32)O1. The maximum atomic E-state index is 11.5. The van der Waals surface area contributed by atoms with E-state index in [0.717, 1.165) is 64.2 Å². The van der Waals surface area contributed by atoms with Crippen LogP contribution in [0.5, 0.6) is 0 Å². The summed E-state index contributed by atoms with van der Waals surface area (Å²) >= 11 is 18.5. The van der Waals surface area contributed by atoms with Crippen LogP contribution in [0.3, 0.4) is 0 Å². The summed E-state index contributed by atoms with van der Waals surface area (Å²) in [5, 5.41) is 64.5. The Kier molecular flexibility index (Phi) is 24.5. The average Bonchev–Trinajstić information content (AvgIpc) is 1.65. The van der Waals surface area contributed by atoms with Crippen molar-refractivity contribution >= 4 is 108 Å². The molecule has 3 aliphatic carbocycles. The molecule has 528 valence electrons. The Morgan fingerprint density at radius 3 is 1.18 bits per heavy atom. The van der Waals surface area contributed by atoms with E-state index in [1.54, 1.807) is 18.6 Å². The number of nitrogens with zero attached hydrogens (tertiary/aromatic N) is 12. The van der Waals surface area contributed by atoms with Crippen molar-refractivity contribution < 1.29 is 96.6 Å². The molecule has 0 amide bonds. The molecular weight excluding hydrogens is 1380 g/mol. The van der Waals surface area contributed by atoms with Crippen molar-refractivity contribution in [3.05, 3.63) is 34.4 Å². The Hall–Kier alpha value is -4.07. The number of halogens is 3. The highest BCUT2D eigenvalue weighted by molar-refractivity contribution is 7.53. The van der Waals surface area contributed by atoms with Gasteiger partial charge in [0.15, 0.2) is 52.7 Å². The predicted molar refractivity (Wildman–Crippen MR) is 341 cm³/mol. The number of anilines is 3. The molecule has 3 aliphatic heterocycles. The summed E-state index contributed by atoms with van der Waals surface area (Å²) in [4.78, 5) is 82.0. The van der Waals surface area contributed by atoms with Crippen LogP contribution in [0.4, 0.5) is 17.5 Å². The van der Waals surface area contributed by atoms with E-state index in [2.05, 4.69) is 61.2 Å². The van der Waals surface area contributed by atoms with E-state index in [0.29, 0.717) is 68.7 Å². The van der Waals surface area contributed by atoms with E-state index in [9.17, 15) is 58.4 Å². The number of ether oxygens (including phenoxy) is 7. The first-order valence-corrected chi connectivity index (χ1v) is 37.3. The molecular formula is C54H81Cl3N15O20P3. The van der Waals surface area contributed by atoms with Gasteiger partial charge in [0, 0.05) is 57.5 Å². The highest BCUT2D eigenvalue weighted by Crippen LogP contribution is 2.51. The van der Waals surface area contributed by atoms with Gasteiger partial charge in [-0.1, -0.05) is 38.5 Å². The molecule has 95 heavy (non-hydrogen) atoms. The number of aliphatic hydroxyl groups excluding tert-OH is 4. The van der Waals surface area contributed by atoms with Crippen molar-refractivity contribution in [2.24, 2.45) is 0 Å². The average molecular weight is 1460 g/mol. The van der Waals surface area contributed by atoms with Crippen LogP contribution >= 0.6 is 57.6 Å². The van der Waals surface area contributed by atoms with Gasteiger partial charge < -0.3 is 98.9 Å². The summed E-state index contributed by atoms with van der Waals surface area (Å²) in [5.74, 6) is -1.07. The van der Waals surface area contributed by atoms with Gasteiger partial charge in [0.2, 0.25) is 15.9 Å². The first-order chi connectivity index (χ1) is 45.1. The Labute approximate surface area is 559 Å². The number of methoxy groups -OCH3 is 1. The first-order valence-electron chi connectivity index (χ1n) is 31.2. The second kappa shape index (κ2) is 31.6. The standard InChI is InChI=1S/2C18H27ClN5O7P.C18H27ClN5O6P/c1-29-9-14(32(26,27)28)30-8-11-6-13(25)17(31-11)24-16-12(7-20-24)15(22-18(19)23-16)21-10-4-2-3-5-10;19-18-22-15(21-10-3-1-2-4-10)12-8-20-24(16(12)23-18)17-13(26)7-11(31-17)9-30-14(5-6-25)32(27,28)29;1-18(2,31(26,27)28)29-9-11-7-13(25)16(30-11)24-15-12(8-20-24)14(22-17(19)23-15)21-10-5-3-4-6-10/h7,10-11,13-14,17,25H,2-6,8-9H2,1H3,(H,21,22,23)(H2,26,27,28);8,10-11,13-14,17,25-26H,1-7,9H2,(H,21,22,23)(H2,27,28,29);8,10-11,13,16,25H,3-7,9H2,1-2H3,(H,21,22,23)(H2,26,27,28)/t2*11-,13+,14?,17+;11-,13+,16+/m000/s1. The minimum absolute atomic E-state index is 0.0422. The van der Waals surface area contributed by atoms with E-state index >= 15 is 0 Å². The fraction of sp³-hybridized carbons (Fsp3) is 0.722. The van der Waals surface area contributed by atoms with Crippen LogP contribution in [0.15, 0.2) is 18.6 Å². The quantitative estimate of drug-likeness (QED) is 0.0250. The molecule has 9 heterocycles. The van der Waals surface area contributed by atoms with Gasteiger partial charge in [0.25, 0.3) is 0 Å². The molecule has 0 spiro atoms. The fourth-order valence-electron chi connectivity index (χ4n) is 12.2. The van der Waals surface area contributed by atoms with E-state index in [1.165, 1.54) is 47.8 Å². The zero-order valence-corrected chi connectivity index (χ0v) is 57.0. The zero-order chi connectivity index (χ0) is 68.1. The van der Waals surface area contributed by atoms with E-state index in [-0.39, 0.29) is 68.0 Å². The lowest BCUT2D eigenvalue weighted by Gasteiger charge is -2.27. The third kappa shape index (κ3) is 18.3. The predicted octanol–water partition coefficient (Wildman–Crippen LogP) is 5.45. The van der Waals surface area contributed by atoms with E-state index in [4.69, 9.17) is 73.1 Å². The van der Waals surface area contributed by atoms with Gasteiger partial charge in [-0.3, -0.25) is 13.7 Å². The van der Waals surface area contributed by atoms with Crippen molar-refractivity contribution in [1.82, 2.24) is 59.2 Å². The van der Waals surface area contributed by atoms with Crippen LogP contribution in [0, 0.1) is 0 Å². The molecule has 0 radical (unpaired) electrons. The molecule has 6 aromatic heterocycles. The molecule has 13 N–H and O–H groups in total. The fourth-order valence-corrected chi connectivity index (χ4v) is 14.3. The number of rotatable bonds is 25. The van der Waals surface area contributed by atoms with Crippen LogP contribution in [-0.4, -0.2) is 221 Å². The zero-order valence-electron chi connectivity index (χ0n) is 52.1. The number of hydrogen-bond acceptors (Lipinski definition) is 26. The summed E-state index contributed by atoms with van der Waals surface area (Å²) < 4.78 is 77.4. The van der Waals surface area contributed by atoms with Gasteiger partial charge in [-0.05, 0) is 87.2 Å². The maximum absolute atomic E-state index is 11.5. The number of fused-ring (bicyclic) bond motifs is 3. The van der Waals surface area contributed by atoms with Gasteiger partial charge in [0.05, 0.1) is 79.5 Å². The molecule has 3 saturated heterocycles. The Morgan fingerprint density at radius 2 is 0.874 bits per heavy atom. The van der Waals surface area contributed by atoms with Gasteiger partial charge in [0.1, 0.15) is 35.8 Å². The van der Waals surface area contributed by atoms with Crippen molar-refractivity contribution in [3.63, 3.8) is 0 Å². The molecule has 3 saturated carbocycles. The largest absolute Gasteiger partial charge is 0.396 e. The lowest BCUT2D eigenvalue weighted by Crippen LogP contribution is -2.29. The number of aromatic nitrogens is 12. The summed E-state index contributed by atoms with van der Waals surface area (Å²) in [5.41, 5.74) is 1.26. The molecule has 12 rings (SSSR count). The number of hydrogen-bond donors (Lipinski definition) is 13. The van der Waals surface area contributed by atoms with E-state index in [1.807, 2.05) is 0 Å². The van der Waals surface area contributed by atoms with Crippen molar-refractivity contribution in [2.75, 3.05) is 56.1 Å². The molecule has 0 aromatic carbocycles. The monoisotopic (exact) mass is 1460 g/mol. The molecule has 6 aliphatic rings. The first kappa shape index (κ1) is 73.6. The summed E-state index contributed by atoms with van der Waals surface area (Å²) in [6.07, 6.45) is 11.3. The van der Waals surface area contributed by atoms with Crippen molar-refractivity contribution in [3.8, 4) is 0 Å². The Morgan fingerprint density at radius 1 is 0.547 bits per heavy atom. The molecule has 11 atom stereocenters. The second-order valence-corrected chi connectivity index (χ2v) is 31.4. The lowest BCUT2D eigenvalue weighted by molar-refractivity contribution is -0.0832. The number of nitrogens with one attached hydrogen (secondary N) is 3. The Balaban J connectivity index is 0.000000155. The Bertz CT molecular complexity index is 3540. The molecule has 41 heteroatoms. The summed E-state index contributed by atoms with van der Waals surface area (Å²) in [6.45, 7) is 1.56. The van der Waals surface area contributed by atoms with Crippen molar-refractivity contribution in [1.29, 1.82) is 0 Å². The minimum atomic E-state index is -4.54. The minimum Gasteiger partial charge on any atom is -0.396 e. The lowest BCUT2D eigenvalue weighted by atomic mass is 10.2. The molecule has 0 bridgehead atoms. The van der Waals surface area contributed by atoms with E-state index < -0.39 is 102 Å². The van der Waals surface area contributed by atoms with Gasteiger partial charge >= 0.3 is 22.8 Å². The molecule has 6 aromatic rings. The van der Waals surface area contributed by atoms with Gasteiger partial charge in [-0.2, -0.15) is 45.2 Å². The maximum Gasteiger partial charge on any atom is 0.356 e. The van der Waals surface area contributed by atoms with Crippen LogP contribution in [0.1, 0.15) is 135 Å². The highest BCUT2D eigenvalue weighted by atomic mass is 35.5. The molecule has 2 unspecified atom stereocenters. The van der Waals surface area contributed by atoms with Gasteiger partial charge in [-0.15, -0.1) is 0 Å². The summed E-state index contributed by atoms with van der Waals surface area (Å²) in [7, 11) is -12.2. The van der Waals surface area contributed by atoms with Crippen LogP contribution in [0.25, 0.3) is 33.1 Å². The molecule has 6 fully saturated rings. The highest BCUT2D eigenvalue weighted by Gasteiger charge is 2.44. The third-order valence-corrected chi connectivity index (χ3v) is 21.5. The molecule has 35 nitrogen and oxygen atoms in total. The van der Waals surface area contributed by atoms with Crippen LogP contribution in [-0.2, 0) is 46.9 Å². The van der Waals surface area contributed by atoms with Crippen molar-refractivity contribution in [2.45, 2.75) is 207 Å². The topological polar surface area (TPSA) is 485 Å². The normalized spacial score (nSPS) is 25.6. The second-order valence-electron chi connectivity index (χ2n) is 24.8. The van der Waals surface area contributed by atoms with Crippen LogP contribution in [0.2, 0.25) is 15.9 Å². The summed E-state index contributed by atoms with van der Waals surface area (Å²) in [6, 6.07) is 0.949.